The van der Waals surface area contributed by atoms with E-state index in [1.54, 1.807) is 25.3 Å². The van der Waals surface area contributed by atoms with Gasteiger partial charge in [-0.05, 0) is 36.4 Å². The number of nitrogens with one attached hydrogen (secondary N) is 2. The van der Waals surface area contributed by atoms with Gasteiger partial charge in [-0.3, -0.25) is 4.79 Å². The zero-order chi connectivity index (χ0) is 16.4. The lowest BCUT2D eigenvalue weighted by Crippen LogP contribution is -2.12. The molecule has 0 spiro atoms. The summed E-state index contributed by atoms with van der Waals surface area (Å²) >= 11 is 11.9. The summed E-state index contributed by atoms with van der Waals surface area (Å²) in [7, 11) is 1.61. The van der Waals surface area contributed by atoms with E-state index in [2.05, 4.69) is 15.3 Å². The molecule has 23 heavy (non-hydrogen) atoms. The van der Waals surface area contributed by atoms with Crippen LogP contribution in [-0.2, 0) is 11.3 Å². The van der Waals surface area contributed by atoms with Gasteiger partial charge in [-0.25, -0.2) is 4.98 Å². The van der Waals surface area contributed by atoms with Crippen LogP contribution in [0.25, 0.3) is 11.0 Å². The molecule has 0 aliphatic carbocycles. The van der Waals surface area contributed by atoms with Crippen LogP contribution in [0.15, 0.2) is 36.4 Å². The fourth-order valence-corrected chi connectivity index (χ4v) is 2.71. The van der Waals surface area contributed by atoms with Gasteiger partial charge in [0.1, 0.15) is 12.4 Å². The minimum atomic E-state index is -0.303. The van der Waals surface area contributed by atoms with Crippen molar-refractivity contribution in [3.8, 4) is 0 Å². The third kappa shape index (κ3) is 3.47. The SMILES string of the molecule is COCc1nc2ccc(NC(=O)c3ccc(Cl)cc3Cl)cc2[nH]1. The maximum absolute atomic E-state index is 12.3. The summed E-state index contributed by atoms with van der Waals surface area (Å²) in [6.07, 6.45) is 0. The number of benzene rings is 2. The second kappa shape index (κ2) is 6.58. The van der Waals surface area contributed by atoms with Crippen molar-refractivity contribution in [1.82, 2.24) is 9.97 Å². The van der Waals surface area contributed by atoms with Gasteiger partial charge in [0.2, 0.25) is 0 Å². The summed E-state index contributed by atoms with van der Waals surface area (Å²) in [5.41, 5.74) is 2.62. The number of hydrogen-bond donors (Lipinski definition) is 2. The Morgan fingerprint density at radius 1 is 1.26 bits per heavy atom. The molecule has 0 saturated carbocycles. The third-order valence-corrected chi connectivity index (χ3v) is 3.79. The molecule has 0 fully saturated rings. The molecule has 2 aromatic carbocycles. The van der Waals surface area contributed by atoms with Gasteiger partial charge < -0.3 is 15.0 Å². The number of aromatic nitrogens is 2. The molecular formula is C16H13Cl2N3O2. The molecule has 0 aliphatic rings. The molecule has 0 atom stereocenters. The monoisotopic (exact) mass is 349 g/mol. The minimum Gasteiger partial charge on any atom is -0.377 e. The van der Waals surface area contributed by atoms with E-state index in [-0.39, 0.29) is 5.91 Å². The zero-order valence-electron chi connectivity index (χ0n) is 12.2. The molecule has 0 radical (unpaired) electrons. The van der Waals surface area contributed by atoms with Crippen LogP contribution < -0.4 is 5.32 Å². The van der Waals surface area contributed by atoms with Crippen molar-refractivity contribution >= 4 is 45.8 Å². The number of carbonyl (C=O) groups excluding carboxylic acids is 1. The Morgan fingerprint density at radius 3 is 2.83 bits per heavy atom. The van der Waals surface area contributed by atoms with Crippen LogP contribution in [0.3, 0.4) is 0 Å². The number of aromatic amines is 1. The predicted molar refractivity (Wildman–Crippen MR) is 91.2 cm³/mol. The number of imidazole rings is 1. The Morgan fingerprint density at radius 2 is 2.09 bits per heavy atom. The van der Waals surface area contributed by atoms with Crippen molar-refractivity contribution in [1.29, 1.82) is 0 Å². The molecular weight excluding hydrogens is 337 g/mol. The first-order valence-corrected chi connectivity index (χ1v) is 7.56. The minimum absolute atomic E-state index is 0.303. The summed E-state index contributed by atoms with van der Waals surface area (Å²) < 4.78 is 5.04. The standard InChI is InChI=1S/C16H13Cl2N3O2/c1-23-8-15-20-13-5-3-10(7-14(13)21-15)19-16(22)11-4-2-9(17)6-12(11)18/h2-7H,8H2,1H3,(H,19,22)(H,20,21). The highest BCUT2D eigenvalue weighted by Crippen LogP contribution is 2.23. The number of H-pyrrole nitrogens is 1. The van der Waals surface area contributed by atoms with E-state index >= 15 is 0 Å². The van der Waals surface area contributed by atoms with E-state index in [0.29, 0.717) is 27.9 Å². The molecule has 7 heteroatoms. The number of anilines is 1. The quantitative estimate of drug-likeness (QED) is 0.739. The van der Waals surface area contributed by atoms with Crippen LogP contribution in [0.5, 0.6) is 0 Å². The van der Waals surface area contributed by atoms with Gasteiger partial charge in [-0.2, -0.15) is 0 Å². The average Bonchev–Trinajstić information content (AvgIpc) is 2.89. The van der Waals surface area contributed by atoms with Crippen LogP contribution in [-0.4, -0.2) is 23.0 Å². The van der Waals surface area contributed by atoms with Gasteiger partial charge >= 0.3 is 0 Å². The second-order valence-corrected chi connectivity index (χ2v) is 5.77. The van der Waals surface area contributed by atoms with Crippen molar-refractivity contribution < 1.29 is 9.53 Å². The molecule has 5 nitrogen and oxygen atoms in total. The number of hydrogen-bond acceptors (Lipinski definition) is 3. The number of fused-ring (bicyclic) bond motifs is 1. The lowest BCUT2D eigenvalue weighted by atomic mass is 10.2. The van der Waals surface area contributed by atoms with Crippen LogP contribution in [0, 0.1) is 0 Å². The number of carbonyl (C=O) groups is 1. The van der Waals surface area contributed by atoms with Crippen molar-refractivity contribution in [2.45, 2.75) is 6.61 Å². The first-order valence-electron chi connectivity index (χ1n) is 6.81. The molecule has 1 aromatic heterocycles. The second-order valence-electron chi connectivity index (χ2n) is 4.93. The maximum atomic E-state index is 12.3. The van der Waals surface area contributed by atoms with E-state index in [1.807, 2.05) is 12.1 Å². The molecule has 0 bridgehead atoms. The van der Waals surface area contributed by atoms with E-state index < -0.39 is 0 Å². The Labute approximate surface area is 142 Å². The molecule has 118 valence electrons. The largest absolute Gasteiger partial charge is 0.377 e. The van der Waals surface area contributed by atoms with E-state index in [0.717, 1.165) is 16.9 Å². The first-order chi connectivity index (χ1) is 11.1. The molecule has 2 N–H and O–H groups in total. The number of halogens is 2. The number of amides is 1. The van der Waals surface area contributed by atoms with Crippen LogP contribution in [0.1, 0.15) is 16.2 Å². The Balaban J connectivity index is 1.84. The first kappa shape index (κ1) is 15.8. The Kier molecular flexibility index (Phi) is 4.52. The molecule has 0 unspecified atom stereocenters. The predicted octanol–water partition coefficient (Wildman–Crippen LogP) is 4.27. The lowest BCUT2D eigenvalue weighted by Gasteiger charge is -2.07. The van der Waals surface area contributed by atoms with Crippen molar-refractivity contribution in [3.63, 3.8) is 0 Å². The summed E-state index contributed by atoms with van der Waals surface area (Å²) in [6, 6.07) is 10.2. The number of rotatable bonds is 4. The van der Waals surface area contributed by atoms with E-state index in [9.17, 15) is 4.79 Å². The zero-order valence-corrected chi connectivity index (χ0v) is 13.7. The van der Waals surface area contributed by atoms with Gasteiger partial charge in [0.15, 0.2) is 0 Å². The van der Waals surface area contributed by atoms with Crippen molar-refractivity contribution in [2.24, 2.45) is 0 Å². The molecule has 0 aliphatic heterocycles. The smallest absolute Gasteiger partial charge is 0.257 e. The molecule has 1 heterocycles. The molecule has 3 aromatic rings. The summed E-state index contributed by atoms with van der Waals surface area (Å²) in [5.74, 6) is 0.425. The van der Waals surface area contributed by atoms with Crippen molar-refractivity contribution in [2.75, 3.05) is 12.4 Å². The van der Waals surface area contributed by atoms with Gasteiger partial charge in [0.05, 0.1) is 21.6 Å². The van der Waals surface area contributed by atoms with E-state index in [1.165, 1.54) is 6.07 Å². The summed E-state index contributed by atoms with van der Waals surface area (Å²) in [4.78, 5) is 19.8. The lowest BCUT2D eigenvalue weighted by molar-refractivity contribution is 0.102. The number of methoxy groups -OCH3 is 1. The number of ether oxygens (including phenoxy) is 1. The van der Waals surface area contributed by atoms with Gasteiger partial charge in [-0.1, -0.05) is 23.2 Å². The van der Waals surface area contributed by atoms with Crippen molar-refractivity contribution in [3.05, 3.63) is 57.8 Å². The number of nitrogens with zero attached hydrogens (tertiary/aromatic N) is 1. The Hall–Kier alpha value is -2.08. The maximum Gasteiger partial charge on any atom is 0.257 e. The molecule has 0 saturated heterocycles. The van der Waals surface area contributed by atoms with E-state index in [4.69, 9.17) is 27.9 Å². The summed E-state index contributed by atoms with van der Waals surface area (Å²) in [5, 5.41) is 3.59. The van der Waals surface area contributed by atoms with Gasteiger partial charge in [0, 0.05) is 17.8 Å². The highest BCUT2D eigenvalue weighted by Gasteiger charge is 2.12. The topological polar surface area (TPSA) is 67.0 Å². The normalized spacial score (nSPS) is 10.9. The third-order valence-electron chi connectivity index (χ3n) is 3.25. The Bertz CT molecular complexity index is 877. The van der Waals surface area contributed by atoms with Gasteiger partial charge in [-0.15, -0.1) is 0 Å². The molecule has 1 amide bonds. The van der Waals surface area contributed by atoms with Crippen LogP contribution >= 0.6 is 23.2 Å². The fraction of sp³-hybridized carbons (Fsp3) is 0.125. The fourth-order valence-electron chi connectivity index (χ4n) is 2.22. The summed E-state index contributed by atoms with van der Waals surface area (Å²) in [6.45, 7) is 0.400. The van der Waals surface area contributed by atoms with Gasteiger partial charge in [0.25, 0.3) is 5.91 Å². The van der Waals surface area contributed by atoms with Crippen LogP contribution in [0.2, 0.25) is 10.0 Å². The van der Waals surface area contributed by atoms with Crippen LogP contribution in [0.4, 0.5) is 5.69 Å². The molecule has 3 rings (SSSR count). The highest BCUT2D eigenvalue weighted by atomic mass is 35.5. The highest BCUT2D eigenvalue weighted by molar-refractivity contribution is 6.37. The average molecular weight is 350 g/mol.